The van der Waals surface area contributed by atoms with Gasteiger partial charge in [0.2, 0.25) is 0 Å². The van der Waals surface area contributed by atoms with E-state index in [0.29, 0.717) is 15.8 Å². The molecule has 7 heteroatoms. The highest BCUT2D eigenvalue weighted by atomic mass is 32.2. The van der Waals surface area contributed by atoms with Crippen LogP contribution in [0.5, 0.6) is 0 Å². The van der Waals surface area contributed by atoms with Crippen molar-refractivity contribution in [3.8, 4) is 0 Å². The Kier molecular flexibility index (Phi) is 4.96. The number of anilines is 1. The summed E-state index contributed by atoms with van der Waals surface area (Å²) in [7, 11) is 0. The van der Waals surface area contributed by atoms with Crippen LogP contribution < -0.4 is 4.90 Å². The van der Waals surface area contributed by atoms with Gasteiger partial charge in [0, 0.05) is 28.1 Å². The van der Waals surface area contributed by atoms with Gasteiger partial charge in [0.15, 0.2) is 0 Å². The van der Waals surface area contributed by atoms with Gasteiger partial charge in [0.1, 0.15) is 4.32 Å². The third-order valence-electron chi connectivity index (χ3n) is 4.20. The molecule has 0 bridgehead atoms. The topological polar surface area (TPSA) is 23.6 Å². The molecule has 1 aromatic heterocycles. The Balaban J connectivity index is 1.67. The third kappa shape index (κ3) is 2.93. The molecule has 3 nitrogen and oxygen atoms in total. The minimum Gasteiger partial charge on any atom is -0.335 e. The first-order valence-electron chi connectivity index (χ1n) is 8.16. The number of carbonyl (C=O) groups excluding carboxylic acids is 1. The summed E-state index contributed by atoms with van der Waals surface area (Å²) >= 11 is 10.2. The van der Waals surface area contributed by atoms with Gasteiger partial charge in [-0.2, -0.15) is 0 Å². The lowest BCUT2D eigenvalue weighted by atomic mass is 10.2. The Labute approximate surface area is 170 Å². The summed E-state index contributed by atoms with van der Waals surface area (Å²) in [6.07, 6.45) is 5.62. The number of rotatable bonds is 4. The Morgan fingerprint density at radius 3 is 2.81 bits per heavy atom. The second-order valence-electron chi connectivity index (χ2n) is 5.70. The van der Waals surface area contributed by atoms with Crippen LogP contribution in [-0.2, 0) is 4.79 Å². The van der Waals surface area contributed by atoms with Crippen LogP contribution in [0, 0.1) is 0 Å². The van der Waals surface area contributed by atoms with Gasteiger partial charge in [-0.05, 0) is 42.7 Å². The number of benzene rings is 1. The number of hydrogen-bond acceptors (Lipinski definition) is 6. The molecule has 3 heterocycles. The average molecular weight is 417 g/mol. The summed E-state index contributed by atoms with van der Waals surface area (Å²) in [6, 6.07) is 6.56. The monoisotopic (exact) mass is 416 g/mol. The summed E-state index contributed by atoms with van der Waals surface area (Å²) in [5.74, 6) is -0.0412. The first-order chi connectivity index (χ1) is 12.6. The van der Waals surface area contributed by atoms with Crippen LogP contribution in [0.4, 0.5) is 5.69 Å². The zero-order chi connectivity index (χ0) is 18.3. The fraction of sp³-hybridized carbons (Fsp3) is 0.158. The minimum atomic E-state index is -0.0412. The van der Waals surface area contributed by atoms with Gasteiger partial charge < -0.3 is 4.90 Å². The quantitative estimate of drug-likeness (QED) is 0.366. The van der Waals surface area contributed by atoms with Gasteiger partial charge in [-0.15, -0.1) is 17.9 Å². The molecular weight excluding hydrogens is 400 g/mol. The largest absolute Gasteiger partial charge is 0.335 e. The number of nitrogens with zero attached hydrogens (tertiary/aromatic N) is 2. The predicted octanol–water partition coefficient (Wildman–Crippen LogP) is 5.60. The van der Waals surface area contributed by atoms with Crippen molar-refractivity contribution in [2.45, 2.75) is 11.8 Å². The van der Waals surface area contributed by atoms with Crippen molar-refractivity contribution < 1.29 is 4.79 Å². The minimum absolute atomic E-state index is 0.0412. The van der Waals surface area contributed by atoms with Crippen LogP contribution in [0.15, 0.2) is 63.2 Å². The smallest absolute Gasteiger partial charge is 0.266 e. The van der Waals surface area contributed by atoms with Gasteiger partial charge in [0.05, 0.1) is 15.6 Å². The number of carbonyl (C=O) groups is 1. The van der Waals surface area contributed by atoms with E-state index in [1.165, 1.54) is 32.4 Å². The van der Waals surface area contributed by atoms with Gasteiger partial charge in [0.25, 0.3) is 5.91 Å². The Bertz CT molecular complexity index is 989. The molecule has 2 aliphatic rings. The molecule has 0 atom stereocenters. The maximum atomic E-state index is 12.5. The van der Waals surface area contributed by atoms with Crippen molar-refractivity contribution >= 4 is 73.1 Å². The first-order valence-corrected chi connectivity index (χ1v) is 11.1. The number of allylic oxidation sites excluding steroid dienone is 2. The van der Waals surface area contributed by atoms with Gasteiger partial charge in [-0.1, -0.05) is 41.8 Å². The molecule has 132 valence electrons. The van der Waals surface area contributed by atoms with Crippen LogP contribution in [-0.4, -0.2) is 28.2 Å². The van der Waals surface area contributed by atoms with Crippen LogP contribution in [0.3, 0.4) is 0 Å². The van der Waals surface area contributed by atoms with Crippen molar-refractivity contribution in [3.05, 3.63) is 58.3 Å². The average Bonchev–Trinajstić information content (AvgIpc) is 3.30. The Morgan fingerprint density at radius 1 is 1.19 bits per heavy atom. The van der Waals surface area contributed by atoms with Crippen molar-refractivity contribution in [2.75, 3.05) is 18.0 Å². The Hall–Kier alpha value is -1.54. The fourth-order valence-corrected chi connectivity index (χ4v) is 6.18. The molecule has 0 N–H and O–H groups in total. The van der Waals surface area contributed by atoms with Gasteiger partial charge in [-0.25, -0.2) is 0 Å². The molecule has 1 fully saturated rings. The highest BCUT2D eigenvalue weighted by Gasteiger charge is 2.31. The molecule has 0 saturated carbocycles. The van der Waals surface area contributed by atoms with E-state index >= 15 is 0 Å². The molecule has 1 amide bonds. The summed E-state index contributed by atoms with van der Waals surface area (Å²) in [5, 5.41) is 4.56. The van der Waals surface area contributed by atoms with Crippen LogP contribution in [0.2, 0.25) is 0 Å². The second kappa shape index (κ2) is 7.23. The second-order valence-corrected chi connectivity index (χ2v) is 9.38. The van der Waals surface area contributed by atoms with Crippen LogP contribution in [0.1, 0.15) is 6.92 Å². The molecule has 2 aliphatic heterocycles. The van der Waals surface area contributed by atoms with E-state index < -0.39 is 0 Å². The fourth-order valence-electron chi connectivity index (χ4n) is 3.03. The van der Waals surface area contributed by atoms with E-state index in [1.807, 2.05) is 12.2 Å². The molecule has 4 rings (SSSR count). The summed E-state index contributed by atoms with van der Waals surface area (Å²) in [6.45, 7) is 7.17. The van der Waals surface area contributed by atoms with E-state index in [0.717, 1.165) is 11.6 Å². The number of thioether (sulfide) groups is 2. The normalized spacial score (nSPS) is 20.0. The summed E-state index contributed by atoms with van der Waals surface area (Å²) in [5.41, 5.74) is 1.27. The molecule has 1 aromatic carbocycles. The predicted molar refractivity (Wildman–Crippen MR) is 119 cm³/mol. The maximum absolute atomic E-state index is 12.5. The lowest BCUT2D eigenvalue weighted by Crippen LogP contribution is -2.27. The molecule has 0 radical (unpaired) electrons. The van der Waals surface area contributed by atoms with E-state index in [4.69, 9.17) is 12.2 Å². The molecule has 2 aromatic rings. The standard InChI is InChI=1S/C19H16N2OS4/c1-3-10-21-18(22)15(26-19(21)23)7-8-16-20(4-2)17-12-9-11-24-13(12)5-6-14(17)25-16/h3,5-9,11H,1,4,10H2,2H3/b15-7-,16-8+. The zero-order valence-electron chi connectivity index (χ0n) is 14.1. The van der Waals surface area contributed by atoms with Crippen molar-refractivity contribution in [2.24, 2.45) is 0 Å². The van der Waals surface area contributed by atoms with Crippen LogP contribution in [0.25, 0.3) is 10.1 Å². The zero-order valence-corrected chi connectivity index (χ0v) is 17.4. The lowest BCUT2D eigenvalue weighted by Gasteiger charge is -2.18. The van der Waals surface area contributed by atoms with E-state index in [-0.39, 0.29) is 5.91 Å². The third-order valence-corrected chi connectivity index (χ3v) is 7.59. The van der Waals surface area contributed by atoms with E-state index in [1.54, 1.807) is 34.1 Å². The van der Waals surface area contributed by atoms with E-state index in [9.17, 15) is 4.79 Å². The first kappa shape index (κ1) is 17.9. The molecule has 0 aliphatic carbocycles. The number of hydrogen-bond donors (Lipinski definition) is 0. The lowest BCUT2D eigenvalue weighted by molar-refractivity contribution is -0.121. The highest BCUT2D eigenvalue weighted by molar-refractivity contribution is 8.26. The number of amides is 1. The number of thiophene rings is 1. The highest BCUT2D eigenvalue weighted by Crippen LogP contribution is 2.50. The Morgan fingerprint density at radius 2 is 2.04 bits per heavy atom. The van der Waals surface area contributed by atoms with E-state index in [2.05, 4.69) is 42.0 Å². The SMILES string of the molecule is C=CCN1C(=O)/C(=C/C=C2/Sc3ccc4sccc4c3N2CC)SC1=S. The summed E-state index contributed by atoms with van der Waals surface area (Å²) in [4.78, 5) is 18.3. The van der Waals surface area contributed by atoms with Crippen molar-refractivity contribution in [1.82, 2.24) is 4.90 Å². The number of fused-ring (bicyclic) bond motifs is 3. The van der Waals surface area contributed by atoms with Crippen molar-refractivity contribution in [3.63, 3.8) is 0 Å². The molecule has 0 spiro atoms. The molecule has 1 saturated heterocycles. The molecule has 0 unspecified atom stereocenters. The van der Waals surface area contributed by atoms with Gasteiger partial charge >= 0.3 is 0 Å². The molecule has 26 heavy (non-hydrogen) atoms. The van der Waals surface area contributed by atoms with Crippen LogP contribution >= 0.6 is 47.1 Å². The number of thiocarbonyl (C=S) groups is 1. The van der Waals surface area contributed by atoms with Gasteiger partial charge in [-0.3, -0.25) is 9.69 Å². The maximum Gasteiger partial charge on any atom is 0.266 e. The van der Waals surface area contributed by atoms with Crippen molar-refractivity contribution in [1.29, 1.82) is 0 Å². The molecular formula is C19H16N2OS4. The summed E-state index contributed by atoms with van der Waals surface area (Å²) < 4.78 is 1.89.